The number of hydrogen-bond acceptors (Lipinski definition) is 3. The number of rotatable bonds is 4. The highest BCUT2D eigenvalue weighted by atomic mass is 16.5. The van der Waals surface area contributed by atoms with Crippen molar-refractivity contribution in [3.05, 3.63) is 35.9 Å². The molecular weight excluding hydrogens is 202 g/mol. The molecule has 0 radical (unpaired) electrons. The van der Waals surface area contributed by atoms with Gasteiger partial charge in [-0.1, -0.05) is 24.3 Å². The Kier molecular flexibility index (Phi) is 4.58. The third kappa shape index (κ3) is 3.77. The molecule has 3 nitrogen and oxygen atoms in total. The number of carbonyl (C=O) groups is 1. The quantitative estimate of drug-likeness (QED) is 0.728. The summed E-state index contributed by atoms with van der Waals surface area (Å²) in [6, 6.07) is 8.10. The van der Waals surface area contributed by atoms with Crippen molar-refractivity contribution in [2.75, 3.05) is 26.1 Å². The molecule has 0 aliphatic carbocycles. The summed E-state index contributed by atoms with van der Waals surface area (Å²) in [7, 11) is 5.39. The Bertz CT molecular complexity index is 383. The first kappa shape index (κ1) is 12.3. The van der Waals surface area contributed by atoms with Crippen molar-refractivity contribution < 1.29 is 9.53 Å². The van der Waals surface area contributed by atoms with Gasteiger partial charge in [-0.25, -0.2) is 0 Å². The monoisotopic (exact) mass is 219 g/mol. The van der Waals surface area contributed by atoms with Crippen LogP contribution in [-0.2, 0) is 9.53 Å². The van der Waals surface area contributed by atoms with E-state index in [0.29, 0.717) is 6.42 Å². The first-order valence-electron chi connectivity index (χ1n) is 5.14. The molecule has 0 unspecified atom stereocenters. The average Bonchev–Trinajstić information content (AvgIpc) is 2.29. The molecule has 1 aromatic carbocycles. The average molecular weight is 219 g/mol. The van der Waals surface area contributed by atoms with Gasteiger partial charge in [0.2, 0.25) is 0 Å². The van der Waals surface area contributed by atoms with Crippen molar-refractivity contribution in [2.45, 2.75) is 6.42 Å². The van der Waals surface area contributed by atoms with Crippen LogP contribution in [0.3, 0.4) is 0 Å². The largest absolute Gasteiger partial charge is 0.469 e. The van der Waals surface area contributed by atoms with Gasteiger partial charge < -0.3 is 9.64 Å². The maximum absolute atomic E-state index is 10.9. The van der Waals surface area contributed by atoms with Gasteiger partial charge in [0.1, 0.15) is 0 Å². The lowest BCUT2D eigenvalue weighted by Gasteiger charge is -2.12. The van der Waals surface area contributed by atoms with Crippen molar-refractivity contribution in [1.82, 2.24) is 0 Å². The number of nitrogens with zero attached hydrogens (tertiary/aromatic N) is 1. The molecule has 0 fully saturated rings. The maximum atomic E-state index is 10.9. The van der Waals surface area contributed by atoms with Crippen molar-refractivity contribution in [3.8, 4) is 0 Å². The molecule has 0 spiro atoms. The zero-order valence-corrected chi connectivity index (χ0v) is 9.93. The number of methoxy groups -OCH3 is 1. The van der Waals surface area contributed by atoms with Gasteiger partial charge in [0.15, 0.2) is 0 Å². The van der Waals surface area contributed by atoms with E-state index in [9.17, 15) is 4.79 Å². The molecular formula is C13H17NO2. The van der Waals surface area contributed by atoms with Gasteiger partial charge in [-0.15, -0.1) is 0 Å². The predicted molar refractivity (Wildman–Crippen MR) is 66.4 cm³/mol. The second-order valence-electron chi connectivity index (χ2n) is 3.67. The summed E-state index contributed by atoms with van der Waals surface area (Å²) in [6.45, 7) is 0. The molecule has 86 valence electrons. The van der Waals surface area contributed by atoms with Crippen molar-refractivity contribution in [3.63, 3.8) is 0 Å². The maximum Gasteiger partial charge on any atom is 0.309 e. The minimum atomic E-state index is -0.222. The minimum Gasteiger partial charge on any atom is -0.469 e. The van der Waals surface area contributed by atoms with Crippen LogP contribution >= 0.6 is 0 Å². The second kappa shape index (κ2) is 5.95. The molecule has 0 aromatic heterocycles. The third-order valence-electron chi connectivity index (χ3n) is 2.21. The highest BCUT2D eigenvalue weighted by molar-refractivity contribution is 5.72. The van der Waals surface area contributed by atoms with Crippen molar-refractivity contribution >= 4 is 17.7 Å². The van der Waals surface area contributed by atoms with E-state index in [4.69, 9.17) is 0 Å². The highest BCUT2D eigenvalue weighted by Crippen LogP contribution is 2.14. The smallest absolute Gasteiger partial charge is 0.309 e. The normalized spacial score (nSPS) is 10.4. The Balaban J connectivity index is 2.66. The number of esters is 1. The Morgan fingerprint density at radius 2 is 2.19 bits per heavy atom. The lowest BCUT2D eigenvalue weighted by molar-refractivity contribution is -0.139. The minimum absolute atomic E-state index is 0.222. The summed E-state index contributed by atoms with van der Waals surface area (Å²) in [5.41, 5.74) is 2.22. The summed E-state index contributed by atoms with van der Waals surface area (Å²) in [5.74, 6) is -0.222. The molecule has 0 saturated carbocycles. The fourth-order valence-electron chi connectivity index (χ4n) is 1.28. The molecule has 3 heteroatoms. The number of ether oxygens (including phenoxy) is 1. The molecule has 0 bridgehead atoms. The fourth-order valence-corrected chi connectivity index (χ4v) is 1.28. The SMILES string of the molecule is COC(=O)CC=Cc1cccc(N(C)C)c1. The molecule has 0 atom stereocenters. The van der Waals surface area contributed by atoms with Crippen LogP contribution in [0.25, 0.3) is 6.08 Å². The van der Waals surface area contributed by atoms with Gasteiger partial charge in [-0.05, 0) is 17.7 Å². The first-order valence-corrected chi connectivity index (χ1v) is 5.14. The van der Waals surface area contributed by atoms with Crippen LogP contribution < -0.4 is 4.90 Å². The lowest BCUT2D eigenvalue weighted by atomic mass is 10.1. The van der Waals surface area contributed by atoms with Crippen LogP contribution in [0.4, 0.5) is 5.69 Å². The molecule has 0 saturated heterocycles. The fraction of sp³-hybridized carbons (Fsp3) is 0.308. The van der Waals surface area contributed by atoms with Gasteiger partial charge >= 0.3 is 5.97 Å². The van der Waals surface area contributed by atoms with Gasteiger partial charge in [0, 0.05) is 19.8 Å². The highest BCUT2D eigenvalue weighted by Gasteiger charge is 1.96. The molecule has 1 rings (SSSR count). The van der Waals surface area contributed by atoms with E-state index in [0.717, 1.165) is 11.3 Å². The molecule has 1 aromatic rings. The molecule has 0 aliphatic heterocycles. The second-order valence-corrected chi connectivity index (χ2v) is 3.67. The standard InChI is InChI=1S/C13H17NO2/c1-14(2)12-8-4-6-11(10-12)7-5-9-13(15)16-3/h4-8,10H,9H2,1-3H3. The third-order valence-corrected chi connectivity index (χ3v) is 2.21. The summed E-state index contributed by atoms with van der Waals surface area (Å²) in [5, 5.41) is 0. The van der Waals surface area contributed by atoms with Gasteiger partial charge in [0.05, 0.1) is 13.5 Å². The molecule has 0 amide bonds. The zero-order valence-electron chi connectivity index (χ0n) is 9.93. The van der Waals surface area contributed by atoms with Crippen LogP contribution in [0.1, 0.15) is 12.0 Å². The summed E-state index contributed by atoms with van der Waals surface area (Å²) in [6.07, 6.45) is 4.03. The molecule has 0 aliphatic rings. The van der Waals surface area contributed by atoms with E-state index in [1.54, 1.807) is 6.08 Å². The van der Waals surface area contributed by atoms with Gasteiger partial charge in [-0.3, -0.25) is 4.79 Å². The zero-order chi connectivity index (χ0) is 12.0. The van der Waals surface area contributed by atoms with E-state index in [1.165, 1.54) is 7.11 Å². The number of carbonyl (C=O) groups excluding carboxylic acids is 1. The van der Waals surface area contributed by atoms with Crippen LogP contribution in [-0.4, -0.2) is 27.2 Å². The number of benzene rings is 1. The van der Waals surface area contributed by atoms with E-state index in [2.05, 4.69) is 10.8 Å². The number of hydrogen-bond donors (Lipinski definition) is 0. The Labute approximate surface area is 96.3 Å². The summed E-state index contributed by atoms with van der Waals surface area (Å²) in [4.78, 5) is 12.9. The predicted octanol–water partition coefficient (Wildman–Crippen LogP) is 2.33. The van der Waals surface area contributed by atoms with Crippen molar-refractivity contribution in [2.24, 2.45) is 0 Å². The van der Waals surface area contributed by atoms with E-state index in [1.807, 2.05) is 43.3 Å². The molecule has 16 heavy (non-hydrogen) atoms. The summed E-state index contributed by atoms with van der Waals surface area (Å²) >= 11 is 0. The van der Waals surface area contributed by atoms with E-state index < -0.39 is 0 Å². The Morgan fingerprint density at radius 1 is 1.44 bits per heavy atom. The van der Waals surface area contributed by atoms with Crippen molar-refractivity contribution in [1.29, 1.82) is 0 Å². The van der Waals surface area contributed by atoms with Gasteiger partial charge in [0.25, 0.3) is 0 Å². The van der Waals surface area contributed by atoms with Gasteiger partial charge in [-0.2, -0.15) is 0 Å². The lowest BCUT2D eigenvalue weighted by Crippen LogP contribution is -2.08. The van der Waals surface area contributed by atoms with E-state index >= 15 is 0 Å². The molecule has 0 N–H and O–H groups in total. The Hall–Kier alpha value is -1.77. The molecule has 0 heterocycles. The Morgan fingerprint density at radius 3 is 2.81 bits per heavy atom. The van der Waals surface area contributed by atoms with Crippen LogP contribution in [0, 0.1) is 0 Å². The van der Waals surface area contributed by atoms with Crippen LogP contribution in [0.5, 0.6) is 0 Å². The number of anilines is 1. The topological polar surface area (TPSA) is 29.5 Å². The first-order chi connectivity index (χ1) is 7.63. The van der Waals surface area contributed by atoms with E-state index in [-0.39, 0.29) is 5.97 Å². The van der Waals surface area contributed by atoms with Crippen LogP contribution in [0.15, 0.2) is 30.3 Å². The summed E-state index contributed by atoms with van der Waals surface area (Å²) < 4.78 is 4.55. The van der Waals surface area contributed by atoms with Crippen LogP contribution in [0.2, 0.25) is 0 Å².